The van der Waals surface area contributed by atoms with E-state index in [1.165, 1.54) is 51.4 Å². The van der Waals surface area contributed by atoms with E-state index < -0.39 is 0 Å². The first-order chi connectivity index (χ1) is 14.5. The SMILES string of the molecule is CCCCCCCCO/C([S-])=N/N=C(C)/C(C)=N/N=C(\[S-])OCCCCCCCC.[Cu+2]. The molecule has 0 aliphatic rings. The normalized spacial score (nSPS) is 13.2. The summed E-state index contributed by atoms with van der Waals surface area (Å²) in [5.41, 5.74) is 1.20. The van der Waals surface area contributed by atoms with Crippen LogP contribution in [-0.2, 0) is 51.8 Å². The Morgan fingerprint density at radius 1 is 0.548 bits per heavy atom. The molecule has 0 heterocycles. The van der Waals surface area contributed by atoms with Crippen LogP contribution in [-0.4, -0.2) is 35.1 Å². The van der Waals surface area contributed by atoms with Crippen LogP contribution in [0.1, 0.15) is 105 Å². The second-order valence-electron chi connectivity index (χ2n) is 7.34. The van der Waals surface area contributed by atoms with Crippen LogP contribution < -0.4 is 0 Å². The summed E-state index contributed by atoms with van der Waals surface area (Å²) in [5.74, 6) is 0. The van der Waals surface area contributed by atoms with Crippen molar-refractivity contribution >= 4 is 47.1 Å². The van der Waals surface area contributed by atoms with Gasteiger partial charge < -0.3 is 34.7 Å². The third-order valence-corrected chi connectivity index (χ3v) is 4.93. The Morgan fingerprint density at radius 2 is 0.871 bits per heavy atom. The van der Waals surface area contributed by atoms with E-state index in [9.17, 15) is 0 Å². The van der Waals surface area contributed by atoms with Gasteiger partial charge in [0, 0.05) is 0 Å². The quantitative estimate of drug-likeness (QED) is 0.0564. The van der Waals surface area contributed by atoms with Crippen LogP contribution in [0.15, 0.2) is 20.4 Å². The van der Waals surface area contributed by atoms with Crippen molar-refractivity contribution in [3.63, 3.8) is 0 Å². The molecule has 1 radical (unpaired) electrons. The molecule has 0 bridgehead atoms. The summed E-state index contributed by atoms with van der Waals surface area (Å²) >= 11 is 10.2. The van der Waals surface area contributed by atoms with Gasteiger partial charge in [-0.15, -0.1) is 10.2 Å². The van der Waals surface area contributed by atoms with Gasteiger partial charge >= 0.3 is 17.1 Å². The number of rotatable bonds is 17. The maximum Gasteiger partial charge on any atom is 2.00 e. The van der Waals surface area contributed by atoms with Gasteiger partial charge in [-0.05, 0) is 26.7 Å². The molecular formula is C22H40CuN4O2S2. The van der Waals surface area contributed by atoms with Gasteiger partial charge in [-0.3, -0.25) is 0 Å². The zero-order valence-corrected chi connectivity index (χ0v) is 22.2. The zero-order chi connectivity index (χ0) is 22.5. The van der Waals surface area contributed by atoms with E-state index in [0.29, 0.717) is 24.6 Å². The van der Waals surface area contributed by atoms with Crippen LogP contribution in [0.2, 0.25) is 0 Å². The Balaban J connectivity index is 0. The first kappa shape index (κ1) is 32.4. The Labute approximate surface area is 211 Å². The van der Waals surface area contributed by atoms with Gasteiger partial charge in [-0.25, -0.2) is 0 Å². The van der Waals surface area contributed by atoms with E-state index >= 15 is 0 Å². The van der Waals surface area contributed by atoms with Crippen molar-refractivity contribution in [1.29, 1.82) is 0 Å². The van der Waals surface area contributed by atoms with Crippen molar-refractivity contribution in [3.8, 4) is 0 Å². The minimum absolute atomic E-state index is 0. The van der Waals surface area contributed by atoms with E-state index in [0.717, 1.165) is 25.7 Å². The molecule has 0 aromatic heterocycles. The molecule has 31 heavy (non-hydrogen) atoms. The molecule has 0 aromatic carbocycles. The Morgan fingerprint density at radius 3 is 1.23 bits per heavy atom. The van der Waals surface area contributed by atoms with Gasteiger partial charge in [-0.1, -0.05) is 78.1 Å². The number of nitrogens with zero attached hydrogens (tertiary/aromatic N) is 4. The fourth-order valence-electron chi connectivity index (χ4n) is 2.52. The predicted octanol–water partition coefficient (Wildman–Crippen LogP) is 6.30. The fraction of sp³-hybridized carbons (Fsp3) is 0.818. The second-order valence-corrected chi connectivity index (χ2v) is 8.03. The molecule has 0 aliphatic carbocycles. The molecule has 0 rings (SSSR count). The van der Waals surface area contributed by atoms with Gasteiger partial charge in [-0.2, -0.15) is 10.2 Å². The molecule has 0 aliphatic heterocycles. The smallest absolute Gasteiger partial charge is 0.720 e. The monoisotopic (exact) mass is 519 g/mol. The summed E-state index contributed by atoms with van der Waals surface area (Å²) in [5, 5.41) is 16.2. The van der Waals surface area contributed by atoms with E-state index in [-0.39, 0.29) is 27.5 Å². The third-order valence-electron chi connectivity index (χ3n) is 4.53. The molecule has 9 heteroatoms. The summed E-state index contributed by atoms with van der Waals surface area (Å²) < 4.78 is 10.8. The summed E-state index contributed by atoms with van der Waals surface area (Å²) in [6, 6.07) is 0. The molecule has 0 saturated carbocycles. The van der Waals surface area contributed by atoms with Gasteiger partial charge in [0.25, 0.3) is 0 Å². The van der Waals surface area contributed by atoms with Crippen molar-refractivity contribution in [2.24, 2.45) is 20.4 Å². The summed E-state index contributed by atoms with van der Waals surface area (Å²) in [6.45, 7) is 9.16. The molecule has 0 saturated heterocycles. The van der Waals surface area contributed by atoms with Gasteiger partial charge in [0.15, 0.2) is 0 Å². The molecule has 0 atom stereocenters. The molecule has 0 spiro atoms. The fourth-order valence-corrected chi connectivity index (χ4v) is 2.77. The molecule has 0 amide bonds. The van der Waals surface area contributed by atoms with E-state index in [4.69, 9.17) is 34.7 Å². The van der Waals surface area contributed by atoms with E-state index in [1.54, 1.807) is 13.8 Å². The molecule has 0 fully saturated rings. The molecule has 0 N–H and O–H groups in total. The maximum absolute atomic E-state index is 5.42. The summed E-state index contributed by atoms with van der Waals surface area (Å²) in [7, 11) is 0. The molecular weight excluding hydrogens is 480 g/mol. The van der Waals surface area contributed by atoms with Crippen molar-refractivity contribution in [2.45, 2.75) is 105 Å². The number of unbranched alkanes of at least 4 members (excludes halogenated alkanes) is 10. The average Bonchev–Trinajstić information content (AvgIpc) is 2.74. The topological polar surface area (TPSA) is 67.9 Å². The van der Waals surface area contributed by atoms with Crippen LogP contribution in [0.25, 0.3) is 0 Å². The minimum Gasteiger partial charge on any atom is -0.720 e. The third kappa shape index (κ3) is 22.2. The van der Waals surface area contributed by atoms with Crippen molar-refractivity contribution < 1.29 is 26.5 Å². The van der Waals surface area contributed by atoms with E-state index in [2.05, 4.69) is 34.3 Å². The first-order valence-corrected chi connectivity index (χ1v) is 12.2. The number of ether oxygens (including phenoxy) is 2. The van der Waals surface area contributed by atoms with Gasteiger partial charge in [0.1, 0.15) is 0 Å². The van der Waals surface area contributed by atoms with Crippen LogP contribution in [0.3, 0.4) is 0 Å². The molecule has 0 aromatic rings. The van der Waals surface area contributed by atoms with Crippen LogP contribution in [0.4, 0.5) is 0 Å². The zero-order valence-electron chi connectivity index (χ0n) is 19.6. The van der Waals surface area contributed by atoms with E-state index in [1.807, 2.05) is 0 Å². The van der Waals surface area contributed by atoms with Crippen molar-refractivity contribution in [2.75, 3.05) is 13.2 Å². The number of hydrogen-bond donors (Lipinski definition) is 0. The Bertz CT molecular complexity index is 508. The van der Waals surface area contributed by atoms with Gasteiger partial charge in [0.2, 0.25) is 0 Å². The summed E-state index contributed by atoms with van der Waals surface area (Å²) in [4.78, 5) is 0. The average molecular weight is 520 g/mol. The largest absolute Gasteiger partial charge is 2.00 e. The first-order valence-electron chi connectivity index (χ1n) is 11.4. The Kier molecular flexibility index (Phi) is 25.0. The summed E-state index contributed by atoms with van der Waals surface area (Å²) in [6.07, 6.45) is 14.4. The van der Waals surface area contributed by atoms with Crippen LogP contribution in [0.5, 0.6) is 0 Å². The predicted molar refractivity (Wildman–Crippen MR) is 134 cm³/mol. The molecule has 183 valence electrons. The minimum atomic E-state index is 0. The van der Waals surface area contributed by atoms with Crippen molar-refractivity contribution in [3.05, 3.63) is 0 Å². The van der Waals surface area contributed by atoms with Crippen molar-refractivity contribution in [1.82, 2.24) is 0 Å². The Hall–Kier alpha value is -0.761. The number of hydrogen-bond acceptors (Lipinski definition) is 8. The van der Waals surface area contributed by atoms with Gasteiger partial charge in [0.05, 0.1) is 35.1 Å². The molecule has 6 nitrogen and oxygen atoms in total. The van der Waals surface area contributed by atoms with Crippen LogP contribution >= 0.6 is 0 Å². The molecule has 0 unspecified atom stereocenters. The standard InChI is InChI=1S/C22H42N4O2S2.Cu/c1-5-7-9-11-13-15-17-27-21(29)25-23-19(3)20(4)24-26-22(30)28-18-16-14-12-10-8-6-2;/h5-18H2,1-4H3,(H,25,29)(H,26,30);/q;+2/p-2/b23-19+,24-20+;. The second kappa shape index (κ2) is 23.9. The van der Waals surface area contributed by atoms with Crippen LogP contribution in [0, 0.1) is 0 Å². The maximum atomic E-state index is 5.42.